The van der Waals surface area contributed by atoms with E-state index in [2.05, 4.69) is 11.0 Å². The summed E-state index contributed by atoms with van der Waals surface area (Å²) in [7, 11) is 1.61. The van der Waals surface area contributed by atoms with Crippen molar-refractivity contribution >= 4 is 12.0 Å². The lowest BCUT2D eigenvalue weighted by atomic mass is 10.2. The molecule has 1 aromatic rings. The summed E-state index contributed by atoms with van der Waals surface area (Å²) in [6, 6.07) is 9.66. The summed E-state index contributed by atoms with van der Waals surface area (Å²) in [6.07, 6.45) is 3.64. The van der Waals surface area contributed by atoms with Gasteiger partial charge in [-0.05, 0) is 12.1 Å². The van der Waals surface area contributed by atoms with E-state index in [9.17, 15) is 4.79 Å². The van der Waals surface area contributed by atoms with Gasteiger partial charge in [0.15, 0.2) is 0 Å². The molecule has 0 aliphatic carbocycles. The molecule has 6 nitrogen and oxygen atoms in total. The van der Waals surface area contributed by atoms with E-state index in [0.717, 1.165) is 44.2 Å². The number of nitrogens with zero attached hydrogens (tertiary/aromatic N) is 3. The second kappa shape index (κ2) is 10.5. The molecule has 2 rings (SSSR count). The number of carbonyl (C=O) groups is 1. The Kier molecular flexibility index (Phi) is 7.96. The molecular formula is C19H25N3O3. The van der Waals surface area contributed by atoms with Crippen molar-refractivity contribution in [2.45, 2.75) is 6.42 Å². The van der Waals surface area contributed by atoms with E-state index in [4.69, 9.17) is 14.7 Å². The number of nitriles is 1. The van der Waals surface area contributed by atoms with Crippen LogP contribution in [0.15, 0.2) is 30.3 Å². The third-order valence-electron chi connectivity index (χ3n) is 4.14. The molecule has 1 heterocycles. The molecule has 0 N–H and O–H groups in total. The number of rotatable bonds is 8. The summed E-state index contributed by atoms with van der Waals surface area (Å²) < 4.78 is 10.6. The lowest BCUT2D eigenvalue weighted by Gasteiger charge is -2.29. The Labute approximate surface area is 149 Å². The highest BCUT2D eigenvalue weighted by molar-refractivity contribution is 5.92. The third-order valence-corrected chi connectivity index (χ3v) is 4.14. The second-order valence-electron chi connectivity index (χ2n) is 5.76. The second-order valence-corrected chi connectivity index (χ2v) is 5.76. The van der Waals surface area contributed by atoms with E-state index in [1.165, 1.54) is 0 Å². The predicted octanol–water partition coefficient (Wildman–Crippen LogP) is 1.78. The van der Waals surface area contributed by atoms with Crippen LogP contribution >= 0.6 is 0 Å². The highest BCUT2D eigenvalue weighted by Gasteiger charge is 2.15. The Balaban J connectivity index is 1.96. The van der Waals surface area contributed by atoms with Gasteiger partial charge >= 0.3 is 0 Å². The highest BCUT2D eigenvalue weighted by Crippen LogP contribution is 2.18. The number of methoxy groups -OCH3 is 1. The third kappa shape index (κ3) is 6.22. The van der Waals surface area contributed by atoms with Gasteiger partial charge in [0.25, 0.3) is 0 Å². The van der Waals surface area contributed by atoms with E-state index in [-0.39, 0.29) is 5.91 Å². The van der Waals surface area contributed by atoms with Gasteiger partial charge in [-0.2, -0.15) is 5.26 Å². The summed E-state index contributed by atoms with van der Waals surface area (Å²) in [5.41, 5.74) is 0.853. The Bertz CT molecular complexity index is 619. The van der Waals surface area contributed by atoms with Crippen LogP contribution in [0.5, 0.6) is 5.75 Å². The van der Waals surface area contributed by atoms with Crippen molar-refractivity contribution in [2.75, 3.05) is 53.0 Å². The van der Waals surface area contributed by atoms with Crippen LogP contribution in [0.25, 0.3) is 6.08 Å². The SMILES string of the molecule is COc1ccccc1/C=C/C(=O)N(CCC#N)CCN1CCOCC1. The molecule has 25 heavy (non-hydrogen) atoms. The number of ether oxygens (including phenoxy) is 2. The van der Waals surface area contributed by atoms with Crippen LogP contribution in [0.4, 0.5) is 0 Å². The topological polar surface area (TPSA) is 65.8 Å². The first-order valence-electron chi connectivity index (χ1n) is 8.51. The van der Waals surface area contributed by atoms with Crippen LogP contribution in [0.1, 0.15) is 12.0 Å². The maximum Gasteiger partial charge on any atom is 0.246 e. The summed E-state index contributed by atoms with van der Waals surface area (Å²) in [5, 5.41) is 8.84. The van der Waals surface area contributed by atoms with Crippen molar-refractivity contribution in [3.05, 3.63) is 35.9 Å². The molecule has 0 radical (unpaired) electrons. The molecule has 1 aliphatic rings. The van der Waals surface area contributed by atoms with Gasteiger partial charge in [-0.25, -0.2) is 0 Å². The predicted molar refractivity (Wildman–Crippen MR) is 96.1 cm³/mol. The Morgan fingerprint density at radius 3 is 2.84 bits per heavy atom. The van der Waals surface area contributed by atoms with Gasteiger partial charge in [0.05, 0.1) is 32.8 Å². The van der Waals surface area contributed by atoms with Gasteiger partial charge in [0.2, 0.25) is 5.91 Å². The van der Waals surface area contributed by atoms with Gasteiger partial charge in [-0.15, -0.1) is 0 Å². The molecule has 1 fully saturated rings. The van der Waals surface area contributed by atoms with Gasteiger partial charge in [-0.1, -0.05) is 18.2 Å². The van der Waals surface area contributed by atoms with Gasteiger partial charge in [0.1, 0.15) is 5.75 Å². The van der Waals surface area contributed by atoms with Crippen molar-refractivity contribution in [1.29, 1.82) is 5.26 Å². The minimum absolute atomic E-state index is 0.0885. The summed E-state index contributed by atoms with van der Waals surface area (Å²) >= 11 is 0. The minimum Gasteiger partial charge on any atom is -0.496 e. The van der Waals surface area contributed by atoms with Crippen LogP contribution in [-0.2, 0) is 9.53 Å². The van der Waals surface area contributed by atoms with Gasteiger partial charge in [0, 0.05) is 44.4 Å². The zero-order chi connectivity index (χ0) is 17.9. The van der Waals surface area contributed by atoms with Gasteiger partial charge in [-0.3, -0.25) is 9.69 Å². The lowest BCUT2D eigenvalue weighted by molar-refractivity contribution is -0.126. The summed E-state index contributed by atoms with van der Waals surface area (Å²) in [6.45, 7) is 5.09. The van der Waals surface area contributed by atoms with Gasteiger partial charge < -0.3 is 14.4 Å². The Hall–Kier alpha value is -2.36. The molecule has 0 spiro atoms. The molecule has 1 aromatic carbocycles. The monoisotopic (exact) mass is 343 g/mol. The van der Waals surface area contributed by atoms with Crippen molar-refractivity contribution in [2.24, 2.45) is 0 Å². The van der Waals surface area contributed by atoms with Crippen LogP contribution < -0.4 is 4.74 Å². The molecular weight excluding hydrogens is 318 g/mol. The molecule has 0 aromatic heterocycles. The average Bonchev–Trinajstić information content (AvgIpc) is 2.67. The smallest absolute Gasteiger partial charge is 0.246 e. The quantitative estimate of drug-likeness (QED) is 0.673. The molecule has 1 aliphatic heterocycles. The Morgan fingerprint density at radius 1 is 1.36 bits per heavy atom. The molecule has 0 saturated carbocycles. The van der Waals surface area contributed by atoms with E-state index in [1.807, 2.05) is 24.3 Å². The summed E-state index contributed by atoms with van der Waals surface area (Å²) in [5.74, 6) is 0.637. The fourth-order valence-corrected chi connectivity index (χ4v) is 2.67. The summed E-state index contributed by atoms with van der Waals surface area (Å²) in [4.78, 5) is 16.5. The number of para-hydroxylation sites is 1. The number of amides is 1. The number of morpholine rings is 1. The van der Waals surface area contributed by atoms with Crippen molar-refractivity contribution in [1.82, 2.24) is 9.80 Å². The van der Waals surface area contributed by atoms with E-state index >= 15 is 0 Å². The molecule has 1 amide bonds. The fraction of sp³-hybridized carbons (Fsp3) is 0.474. The van der Waals surface area contributed by atoms with Crippen LogP contribution in [0.3, 0.4) is 0 Å². The van der Waals surface area contributed by atoms with Crippen molar-refractivity contribution in [3.8, 4) is 11.8 Å². The van der Waals surface area contributed by atoms with E-state index in [0.29, 0.717) is 19.5 Å². The standard InChI is InChI=1S/C19H25N3O3/c1-24-18-6-3-2-5-17(18)7-8-19(23)22(10-4-9-20)12-11-21-13-15-25-16-14-21/h2-3,5-8H,4,10-16H2,1H3/b8-7+. The first-order chi connectivity index (χ1) is 12.2. The largest absolute Gasteiger partial charge is 0.496 e. The van der Waals surface area contributed by atoms with Crippen LogP contribution in [0.2, 0.25) is 0 Å². The maximum atomic E-state index is 12.5. The number of hydrogen-bond donors (Lipinski definition) is 0. The first kappa shape index (κ1) is 19.0. The average molecular weight is 343 g/mol. The Morgan fingerprint density at radius 2 is 2.12 bits per heavy atom. The zero-order valence-electron chi connectivity index (χ0n) is 14.7. The van der Waals surface area contributed by atoms with E-state index < -0.39 is 0 Å². The maximum absolute atomic E-state index is 12.5. The molecule has 0 atom stereocenters. The number of carbonyl (C=O) groups excluding carboxylic acids is 1. The number of hydrogen-bond acceptors (Lipinski definition) is 5. The lowest BCUT2D eigenvalue weighted by Crippen LogP contribution is -2.43. The highest BCUT2D eigenvalue weighted by atomic mass is 16.5. The normalized spacial score (nSPS) is 15.0. The molecule has 0 bridgehead atoms. The van der Waals surface area contributed by atoms with Crippen molar-refractivity contribution < 1.29 is 14.3 Å². The fourth-order valence-electron chi connectivity index (χ4n) is 2.67. The molecule has 0 unspecified atom stereocenters. The molecule has 134 valence electrons. The first-order valence-corrected chi connectivity index (χ1v) is 8.51. The molecule has 1 saturated heterocycles. The van der Waals surface area contributed by atoms with Crippen LogP contribution in [-0.4, -0.2) is 68.8 Å². The molecule has 6 heteroatoms. The van der Waals surface area contributed by atoms with Crippen LogP contribution in [0, 0.1) is 11.3 Å². The number of benzene rings is 1. The minimum atomic E-state index is -0.0885. The van der Waals surface area contributed by atoms with Crippen molar-refractivity contribution in [3.63, 3.8) is 0 Å². The van der Waals surface area contributed by atoms with E-state index in [1.54, 1.807) is 24.2 Å². The zero-order valence-corrected chi connectivity index (χ0v) is 14.7.